The van der Waals surface area contributed by atoms with E-state index in [1.807, 2.05) is 0 Å². The first kappa shape index (κ1) is 38.8. The molecule has 0 aliphatic rings. The van der Waals surface area contributed by atoms with Gasteiger partial charge in [-0.1, -0.05) is 160 Å². The fraction of sp³-hybridized carbons (Fsp3) is 0.333. The molecule has 276 valence electrons. The van der Waals surface area contributed by atoms with Gasteiger partial charge in [-0.2, -0.15) is 0 Å². The number of hydrogen-bond donors (Lipinski definition) is 0. The molecule has 0 saturated heterocycles. The summed E-state index contributed by atoms with van der Waals surface area (Å²) in [7, 11) is -2.36. The summed E-state index contributed by atoms with van der Waals surface area (Å²) in [6.07, 6.45) is 1.71. The normalized spacial score (nSPS) is 12.8. The average Bonchev–Trinajstić information content (AvgIpc) is 3.26. The van der Waals surface area contributed by atoms with Crippen LogP contribution in [0.5, 0.6) is 0 Å². The minimum atomic E-state index is -1.78. The second-order valence-electron chi connectivity index (χ2n) is 17.3. The van der Waals surface area contributed by atoms with Gasteiger partial charge in [0.1, 0.15) is 5.58 Å². The quantitative estimate of drug-likeness (QED) is 0.138. The lowest BCUT2D eigenvalue weighted by Gasteiger charge is -2.26. The molecule has 0 spiro atoms. The van der Waals surface area contributed by atoms with Crippen LogP contribution >= 0.6 is 16.2 Å². The molecule has 1 aromatic heterocycles. The smallest absolute Gasteiger partial charge is 0.387 e. The van der Waals surface area contributed by atoms with E-state index in [0.717, 1.165) is 51.2 Å². The molecule has 3 nitrogen and oxygen atoms in total. The molecule has 6 rings (SSSR count). The van der Waals surface area contributed by atoms with Gasteiger partial charge in [-0.3, -0.25) is 4.52 Å². The van der Waals surface area contributed by atoms with Gasteiger partial charge in [0.15, 0.2) is 5.58 Å². The zero-order valence-electron chi connectivity index (χ0n) is 33.3. The largest absolute Gasteiger partial charge is 0.399 e. The molecule has 5 aromatic carbocycles. The van der Waals surface area contributed by atoms with Gasteiger partial charge >= 0.3 is 8.24 Å². The second kappa shape index (κ2) is 15.5. The lowest BCUT2D eigenvalue weighted by molar-refractivity contribution is 0.375. The molecule has 0 bridgehead atoms. The Labute approximate surface area is 319 Å². The van der Waals surface area contributed by atoms with Crippen LogP contribution in [0.2, 0.25) is 0 Å². The van der Waals surface area contributed by atoms with Gasteiger partial charge in [0.25, 0.3) is 0 Å². The van der Waals surface area contributed by atoms with Crippen molar-refractivity contribution >= 4 is 54.3 Å². The number of fused-ring (bicyclic) bond motifs is 3. The van der Waals surface area contributed by atoms with E-state index in [4.69, 9.17) is 12.9 Å². The van der Waals surface area contributed by atoms with E-state index in [1.54, 1.807) is 0 Å². The monoisotopic (exact) mass is 742 g/mol. The molecule has 0 radical (unpaired) electrons. The number of benzene rings is 5. The Kier molecular flexibility index (Phi) is 11.3. The SMILES string of the molecule is C=C(C)c1cc(C(C)(C)C)cc2c1op(OCCc1ccccc1CP(c1ccccc1)c1ccccc1)oc1c(C(C)(C)C)cc(C(C)(C)C)cc12. The summed E-state index contributed by atoms with van der Waals surface area (Å²) in [5, 5.41) is 4.86. The molecule has 1 unspecified atom stereocenters. The summed E-state index contributed by atoms with van der Waals surface area (Å²) < 4.78 is 20.6. The maximum Gasteiger partial charge on any atom is 0.387 e. The first-order chi connectivity index (χ1) is 25.0. The number of rotatable bonds is 9. The Bertz CT molecular complexity index is 2230. The Morgan fingerprint density at radius 1 is 0.623 bits per heavy atom. The Morgan fingerprint density at radius 2 is 1.11 bits per heavy atom. The maximum absolute atomic E-state index is 6.97. The predicted octanol–water partition coefficient (Wildman–Crippen LogP) is 13.5. The molecule has 0 N–H and O–H groups in total. The van der Waals surface area contributed by atoms with E-state index < -0.39 is 16.2 Å². The van der Waals surface area contributed by atoms with Crippen LogP contribution < -0.4 is 15.1 Å². The highest BCUT2D eigenvalue weighted by molar-refractivity contribution is 7.72. The van der Waals surface area contributed by atoms with Crippen molar-refractivity contribution in [1.82, 2.24) is 0 Å². The van der Waals surface area contributed by atoms with Gasteiger partial charge in [0.05, 0.1) is 6.61 Å². The van der Waals surface area contributed by atoms with Gasteiger partial charge in [-0.05, 0) is 94.1 Å². The Balaban J connectivity index is 1.45. The number of allylic oxidation sites excluding steroid dienone is 1. The van der Waals surface area contributed by atoms with Crippen molar-refractivity contribution in [1.29, 1.82) is 0 Å². The summed E-state index contributed by atoms with van der Waals surface area (Å²) in [4.78, 5) is 0. The zero-order valence-corrected chi connectivity index (χ0v) is 35.1. The van der Waals surface area contributed by atoms with E-state index in [1.165, 1.54) is 32.9 Å². The second-order valence-corrected chi connectivity index (χ2v) is 20.6. The van der Waals surface area contributed by atoms with Crippen molar-refractivity contribution in [3.8, 4) is 0 Å². The van der Waals surface area contributed by atoms with Gasteiger partial charge in [-0.15, -0.1) is 0 Å². The molecule has 0 saturated carbocycles. The van der Waals surface area contributed by atoms with E-state index >= 15 is 0 Å². The van der Waals surface area contributed by atoms with Gasteiger partial charge < -0.3 is 8.39 Å². The molecule has 6 aromatic rings. The summed E-state index contributed by atoms with van der Waals surface area (Å²) in [6, 6.07) is 39.9. The van der Waals surface area contributed by atoms with Crippen LogP contribution in [0.3, 0.4) is 0 Å². The topological polar surface area (TPSA) is 35.5 Å². The molecule has 1 heterocycles. The highest BCUT2D eigenvalue weighted by Gasteiger charge is 2.27. The van der Waals surface area contributed by atoms with Gasteiger partial charge in [0.2, 0.25) is 0 Å². The zero-order chi connectivity index (χ0) is 38.1. The standard InChI is InChI=1S/C48H56O3P2/c1-33(2)40-28-36(46(3,4)5)29-41-42-30-37(47(6,7)8)31-43(48(9,10)11)45(42)51-53(50-44(40)41)49-27-26-34-20-18-19-21-35(34)32-52(38-22-14-12-15-23-38)39-24-16-13-17-25-39/h12-25,28-31H,1,26-27,32H2,2-11H3. The highest BCUT2D eigenvalue weighted by Crippen LogP contribution is 2.44. The number of hydrogen-bond acceptors (Lipinski definition) is 3. The van der Waals surface area contributed by atoms with E-state index in [0.29, 0.717) is 6.61 Å². The van der Waals surface area contributed by atoms with Crippen molar-refractivity contribution in [2.75, 3.05) is 6.61 Å². The Morgan fingerprint density at radius 3 is 1.64 bits per heavy atom. The van der Waals surface area contributed by atoms with Crippen LogP contribution in [-0.2, 0) is 28.8 Å². The third-order valence-electron chi connectivity index (χ3n) is 9.95. The summed E-state index contributed by atoms with van der Waals surface area (Å²) in [6.45, 7) is 27.3. The molecule has 0 aliphatic carbocycles. The molecule has 0 fully saturated rings. The van der Waals surface area contributed by atoms with Crippen molar-refractivity contribution in [2.24, 2.45) is 0 Å². The third kappa shape index (κ3) is 8.92. The molecule has 1 atom stereocenters. The first-order valence-electron chi connectivity index (χ1n) is 18.8. The average molecular weight is 743 g/mol. The molecule has 5 heteroatoms. The Hall–Kier alpha value is -3.87. The maximum atomic E-state index is 6.97. The highest BCUT2D eigenvalue weighted by atomic mass is 31.1. The van der Waals surface area contributed by atoms with Crippen LogP contribution in [-0.4, -0.2) is 6.61 Å². The van der Waals surface area contributed by atoms with E-state index in [9.17, 15) is 0 Å². The van der Waals surface area contributed by atoms with Crippen molar-refractivity contribution < 1.29 is 12.9 Å². The van der Waals surface area contributed by atoms with Crippen LogP contribution in [0.4, 0.5) is 0 Å². The van der Waals surface area contributed by atoms with E-state index in [-0.39, 0.29) is 16.2 Å². The summed E-state index contributed by atoms with van der Waals surface area (Å²) in [5.41, 5.74) is 9.59. The minimum Gasteiger partial charge on any atom is -0.399 e. The lowest BCUT2D eigenvalue weighted by atomic mass is 9.79. The fourth-order valence-corrected chi connectivity index (χ4v) is 10.2. The van der Waals surface area contributed by atoms with Crippen molar-refractivity contribution in [3.05, 3.63) is 149 Å². The first-order valence-corrected chi connectivity index (χ1v) is 21.4. The van der Waals surface area contributed by atoms with Crippen molar-refractivity contribution in [3.63, 3.8) is 0 Å². The van der Waals surface area contributed by atoms with Gasteiger partial charge in [-0.25, -0.2) is 0 Å². The molecular formula is C48H56O3P2. The molecule has 0 aliphatic heterocycles. The minimum absolute atomic E-state index is 0.0584. The molecule has 0 amide bonds. The van der Waals surface area contributed by atoms with Crippen molar-refractivity contribution in [2.45, 2.75) is 98.1 Å². The lowest BCUT2D eigenvalue weighted by Crippen LogP contribution is -2.16. The predicted molar refractivity (Wildman–Crippen MR) is 231 cm³/mol. The van der Waals surface area contributed by atoms with E-state index in [2.05, 4.69) is 185 Å². The van der Waals surface area contributed by atoms with Crippen LogP contribution in [0.15, 0.2) is 124 Å². The van der Waals surface area contributed by atoms with Crippen LogP contribution in [0.25, 0.3) is 27.5 Å². The third-order valence-corrected chi connectivity index (χ3v) is 13.5. The van der Waals surface area contributed by atoms with Crippen LogP contribution in [0, 0.1) is 0 Å². The summed E-state index contributed by atoms with van der Waals surface area (Å²) in [5.74, 6) is 0. The molecular weight excluding hydrogens is 686 g/mol. The summed E-state index contributed by atoms with van der Waals surface area (Å²) >= 11 is 0. The molecule has 53 heavy (non-hydrogen) atoms. The fourth-order valence-electron chi connectivity index (χ4n) is 6.72. The van der Waals surface area contributed by atoms with Crippen LogP contribution in [0.1, 0.15) is 103 Å². The van der Waals surface area contributed by atoms with Gasteiger partial charge in [0, 0.05) is 28.1 Å².